The molecule has 0 radical (unpaired) electrons. The summed E-state index contributed by atoms with van der Waals surface area (Å²) in [5.74, 6) is 0. The Morgan fingerprint density at radius 3 is 2.55 bits per heavy atom. The maximum absolute atomic E-state index is 10.9. The largest absolute Gasteiger partial charge is 0.398 e. The molecule has 0 bridgehead atoms. The molecule has 2 N–H and O–H groups in total. The van der Waals surface area contributed by atoms with Gasteiger partial charge in [0.15, 0.2) is 0 Å². The van der Waals surface area contributed by atoms with Crippen LogP contribution >= 0.6 is 0 Å². The van der Waals surface area contributed by atoms with E-state index in [1.54, 1.807) is 10.7 Å². The minimum Gasteiger partial charge on any atom is -0.398 e. The summed E-state index contributed by atoms with van der Waals surface area (Å²) in [6, 6.07) is 4.43. The molecule has 2 rings (SSSR count). The number of benzene rings is 1. The van der Waals surface area contributed by atoms with E-state index in [0.29, 0.717) is 16.9 Å². The quantitative estimate of drug-likeness (QED) is 0.518. The number of hydrogen-bond acceptors (Lipinski definition) is 4. The maximum Gasteiger partial charge on any atom is 0.270 e. The predicted octanol–water partition coefficient (Wildman–Crippen LogP) is 2.88. The second-order valence-corrected chi connectivity index (χ2v) is 5.84. The first-order valence-electron chi connectivity index (χ1n) is 6.28. The number of nitro groups is 1. The summed E-state index contributed by atoms with van der Waals surface area (Å²) in [6.45, 7) is 6.21. The molecule has 0 spiro atoms. The van der Waals surface area contributed by atoms with Crippen molar-refractivity contribution in [3.8, 4) is 11.3 Å². The van der Waals surface area contributed by atoms with Crippen LogP contribution < -0.4 is 5.73 Å². The van der Waals surface area contributed by atoms with Crippen LogP contribution in [0.3, 0.4) is 0 Å². The predicted molar refractivity (Wildman–Crippen MR) is 78.4 cm³/mol. The molecule has 0 unspecified atom stereocenters. The Hall–Kier alpha value is -2.37. The van der Waals surface area contributed by atoms with Crippen molar-refractivity contribution in [2.75, 3.05) is 5.73 Å². The van der Waals surface area contributed by atoms with E-state index in [2.05, 4.69) is 25.9 Å². The molecular formula is C14H18N4O2. The Kier molecular flexibility index (Phi) is 3.25. The van der Waals surface area contributed by atoms with Crippen molar-refractivity contribution in [2.24, 2.45) is 7.05 Å². The third kappa shape index (κ3) is 2.49. The maximum atomic E-state index is 10.9. The Morgan fingerprint density at radius 1 is 1.35 bits per heavy atom. The average Bonchev–Trinajstić information content (AvgIpc) is 2.71. The van der Waals surface area contributed by atoms with E-state index in [0.717, 1.165) is 5.56 Å². The first-order chi connectivity index (χ1) is 9.20. The van der Waals surface area contributed by atoms with Crippen LogP contribution in [0.25, 0.3) is 11.3 Å². The first-order valence-corrected chi connectivity index (χ1v) is 6.28. The summed E-state index contributed by atoms with van der Waals surface area (Å²) in [6.07, 6.45) is 1.92. The molecule has 0 aliphatic rings. The van der Waals surface area contributed by atoms with Crippen LogP contribution in [0, 0.1) is 10.1 Å². The lowest BCUT2D eigenvalue weighted by molar-refractivity contribution is -0.384. The van der Waals surface area contributed by atoms with E-state index in [4.69, 9.17) is 5.73 Å². The molecule has 106 valence electrons. The second-order valence-electron chi connectivity index (χ2n) is 5.84. The topological polar surface area (TPSA) is 87.0 Å². The fraction of sp³-hybridized carbons (Fsp3) is 0.357. The normalized spacial score (nSPS) is 11.6. The zero-order valence-electron chi connectivity index (χ0n) is 12.0. The molecule has 6 nitrogen and oxygen atoms in total. The highest BCUT2D eigenvalue weighted by Crippen LogP contribution is 2.36. The molecule has 2 aromatic rings. The van der Waals surface area contributed by atoms with Gasteiger partial charge in [-0.05, 0) is 11.5 Å². The van der Waals surface area contributed by atoms with Gasteiger partial charge in [0, 0.05) is 42.2 Å². The van der Waals surface area contributed by atoms with Crippen molar-refractivity contribution in [1.29, 1.82) is 0 Å². The lowest BCUT2D eigenvalue weighted by Gasteiger charge is -2.18. The van der Waals surface area contributed by atoms with Gasteiger partial charge >= 0.3 is 0 Å². The molecule has 0 fully saturated rings. The number of nitrogen functional groups attached to an aromatic ring is 1. The second kappa shape index (κ2) is 4.63. The van der Waals surface area contributed by atoms with E-state index in [9.17, 15) is 10.1 Å². The van der Waals surface area contributed by atoms with Crippen LogP contribution in [0.4, 0.5) is 11.4 Å². The Bertz CT molecular complexity index is 668. The van der Waals surface area contributed by atoms with E-state index in [1.165, 1.54) is 12.1 Å². The van der Waals surface area contributed by atoms with Gasteiger partial charge in [0.05, 0.1) is 10.6 Å². The molecule has 0 aliphatic carbocycles. The van der Waals surface area contributed by atoms with E-state index in [1.807, 2.05) is 13.2 Å². The smallest absolute Gasteiger partial charge is 0.270 e. The van der Waals surface area contributed by atoms with Gasteiger partial charge in [0.2, 0.25) is 0 Å². The molecule has 20 heavy (non-hydrogen) atoms. The third-order valence-electron chi connectivity index (χ3n) is 3.14. The number of hydrogen-bond donors (Lipinski definition) is 1. The van der Waals surface area contributed by atoms with Crippen molar-refractivity contribution < 1.29 is 4.92 Å². The van der Waals surface area contributed by atoms with Gasteiger partial charge in [-0.15, -0.1) is 0 Å². The third-order valence-corrected chi connectivity index (χ3v) is 3.14. The van der Waals surface area contributed by atoms with Crippen LogP contribution in [-0.2, 0) is 12.5 Å². The summed E-state index contributed by atoms with van der Waals surface area (Å²) in [5, 5.41) is 15.3. The van der Waals surface area contributed by atoms with E-state index in [-0.39, 0.29) is 11.1 Å². The monoisotopic (exact) mass is 274 g/mol. The number of nitrogens with zero attached hydrogens (tertiary/aromatic N) is 3. The number of aromatic nitrogens is 2. The zero-order chi connectivity index (χ0) is 15.1. The molecule has 0 saturated carbocycles. The first kappa shape index (κ1) is 14.0. The zero-order valence-corrected chi connectivity index (χ0v) is 12.0. The van der Waals surface area contributed by atoms with Crippen molar-refractivity contribution in [3.63, 3.8) is 0 Å². The molecule has 0 saturated heterocycles. The molecule has 1 heterocycles. The fourth-order valence-corrected chi connectivity index (χ4v) is 2.10. The SMILES string of the molecule is Cn1cc(C(C)(C)C)c(-c2cc([N+](=O)[O-])ccc2N)n1. The number of rotatable bonds is 2. The van der Waals surface area contributed by atoms with Gasteiger partial charge in [0.25, 0.3) is 5.69 Å². The molecule has 6 heteroatoms. The van der Waals surface area contributed by atoms with Crippen LogP contribution in [0.1, 0.15) is 26.3 Å². The lowest BCUT2D eigenvalue weighted by atomic mass is 9.85. The fourth-order valence-electron chi connectivity index (χ4n) is 2.10. The number of nitrogens with two attached hydrogens (primary N) is 1. The number of aryl methyl sites for hydroxylation is 1. The highest BCUT2D eigenvalue weighted by molar-refractivity contribution is 5.78. The standard InChI is InChI=1S/C14H18N4O2/c1-14(2,3)11-8-17(4)16-13(11)10-7-9(18(19)20)5-6-12(10)15/h5-8H,15H2,1-4H3. The van der Waals surface area contributed by atoms with Gasteiger partial charge in [0.1, 0.15) is 0 Å². The Balaban J connectivity index is 2.68. The van der Waals surface area contributed by atoms with E-state index < -0.39 is 4.92 Å². The van der Waals surface area contributed by atoms with Crippen LogP contribution in [-0.4, -0.2) is 14.7 Å². The van der Waals surface area contributed by atoms with Gasteiger partial charge in [-0.25, -0.2) is 0 Å². The minimum atomic E-state index is -0.428. The van der Waals surface area contributed by atoms with Gasteiger partial charge in [-0.1, -0.05) is 20.8 Å². The van der Waals surface area contributed by atoms with Gasteiger partial charge < -0.3 is 5.73 Å². The Labute approximate surface area is 117 Å². The molecule has 0 atom stereocenters. The van der Waals surface area contributed by atoms with Gasteiger partial charge in [-0.2, -0.15) is 5.10 Å². The lowest BCUT2D eigenvalue weighted by Crippen LogP contribution is -2.11. The van der Waals surface area contributed by atoms with Crippen molar-refractivity contribution in [2.45, 2.75) is 26.2 Å². The van der Waals surface area contributed by atoms with Crippen LogP contribution in [0.15, 0.2) is 24.4 Å². The average molecular weight is 274 g/mol. The highest BCUT2D eigenvalue weighted by atomic mass is 16.6. The Morgan fingerprint density at radius 2 is 2.00 bits per heavy atom. The van der Waals surface area contributed by atoms with Crippen molar-refractivity contribution in [3.05, 3.63) is 40.1 Å². The molecule has 1 aromatic carbocycles. The minimum absolute atomic E-state index is 0.0136. The summed E-state index contributed by atoms with van der Waals surface area (Å²) in [5.41, 5.74) is 8.65. The number of anilines is 1. The highest BCUT2D eigenvalue weighted by Gasteiger charge is 2.24. The molecular weight excluding hydrogens is 256 g/mol. The van der Waals surface area contributed by atoms with Crippen molar-refractivity contribution in [1.82, 2.24) is 9.78 Å². The van der Waals surface area contributed by atoms with Crippen LogP contribution in [0.2, 0.25) is 0 Å². The number of nitro benzene ring substituents is 1. The summed E-state index contributed by atoms with van der Waals surface area (Å²) >= 11 is 0. The molecule has 1 aromatic heterocycles. The van der Waals surface area contributed by atoms with Crippen molar-refractivity contribution >= 4 is 11.4 Å². The summed E-state index contributed by atoms with van der Waals surface area (Å²) < 4.78 is 1.70. The van der Waals surface area contributed by atoms with E-state index >= 15 is 0 Å². The van der Waals surface area contributed by atoms with Gasteiger partial charge in [-0.3, -0.25) is 14.8 Å². The number of non-ortho nitro benzene ring substituents is 1. The summed E-state index contributed by atoms with van der Waals surface area (Å²) in [4.78, 5) is 10.5. The summed E-state index contributed by atoms with van der Waals surface area (Å²) in [7, 11) is 1.83. The molecule has 0 amide bonds. The molecule has 0 aliphatic heterocycles. The van der Waals surface area contributed by atoms with Crippen LogP contribution in [0.5, 0.6) is 0 Å².